The zero-order valence-electron chi connectivity index (χ0n) is 14.8. The molecule has 148 valence electrons. The number of alkyl halides is 3. The standard InChI is InChI=1S/C19H17F3N2O4/c1-27-15-9-5-6-13(10-15)18(26)11-16(19(20,21)22)23-24(18)17(25)12-28-14-7-3-2-4-8-14/h2-10,26H,11-12H2,1H3/t18-/m0/s1. The molecule has 1 amide bonds. The molecule has 0 saturated heterocycles. The first kappa shape index (κ1) is 19.7. The Balaban J connectivity index is 1.90. The monoisotopic (exact) mass is 394 g/mol. The van der Waals surface area contributed by atoms with Crippen molar-refractivity contribution in [3.63, 3.8) is 0 Å². The van der Waals surface area contributed by atoms with Crippen LogP contribution in [0.25, 0.3) is 0 Å². The number of carbonyl (C=O) groups is 1. The average molecular weight is 394 g/mol. The first-order valence-corrected chi connectivity index (χ1v) is 8.26. The highest BCUT2D eigenvalue weighted by atomic mass is 19.4. The SMILES string of the molecule is COc1cccc([C@@]2(O)CC(C(F)(F)F)=NN2C(=O)COc2ccccc2)c1. The maximum absolute atomic E-state index is 13.2. The Morgan fingerprint density at radius 3 is 2.50 bits per heavy atom. The first-order valence-electron chi connectivity index (χ1n) is 8.26. The minimum atomic E-state index is -4.79. The molecule has 1 N–H and O–H groups in total. The van der Waals surface area contributed by atoms with Crippen molar-refractivity contribution in [2.75, 3.05) is 13.7 Å². The number of hydrogen-bond acceptors (Lipinski definition) is 5. The van der Waals surface area contributed by atoms with Gasteiger partial charge in [-0.3, -0.25) is 4.79 Å². The number of rotatable bonds is 5. The Kier molecular flexibility index (Phi) is 5.28. The average Bonchev–Trinajstić information content (AvgIpc) is 3.06. The van der Waals surface area contributed by atoms with Crippen molar-refractivity contribution in [3.05, 3.63) is 60.2 Å². The molecule has 0 radical (unpaired) electrons. The van der Waals surface area contributed by atoms with E-state index < -0.39 is 36.5 Å². The summed E-state index contributed by atoms with van der Waals surface area (Å²) >= 11 is 0. The van der Waals surface area contributed by atoms with Crippen LogP contribution >= 0.6 is 0 Å². The third-order valence-electron chi connectivity index (χ3n) is 4.19. The summed E-state index contributed by atoms with van der Waals surface area (Å²) in [4.78, 5) is 12.6. The fourth-order valence-electron chi connectivity index (χ4n) is 2.79. The van der Waals surface area contributed by atoms with Crippen molar-refractivity contribution in [2.24, 2.45) is 5.10 Å². The summed E-state index contributed by atoms with van der Waals surface area (Å²) in [6, 6.07) is 14.1. The van der Waals surface area contributed by atoms with Gasteiger partial charge in [-0.25, -0.2) is 0 Å². The van der Waals surface area contributed by atoms with Crippen molar-refractivity contribution < 1.29 is 32.5 Å². The molecule has 9 heteroatoms. The Morgan fingerprint density at radius 2 is 1.86 bits per heavy atom. The van der Waals surface area contributed by atoms with Crippen LogP contribution in [0.2, 0.25) is 0 Å². The quantitative estimate of drug-likeness (QED) is 0.846. The van der Waals surface area contributed by atoms with Crippen molar-refractivity contribution >= 4 is 11.6 Å². The largest absolute Gasteiger partial charge is 0.497 e. The third kappa shape index (κ3) is 3.94. The van der Waals surface area contributed by atoms with Gasteiger partial charge in [0.2, 0.25) is 0 Å². The Bertz CT molecular complexity index is 886. The molecule has 1 heterocycles. The number of halogens is 3. The molecule has 0 saturated carbocycles. The molecule has 0 fully saturated rings. The molecule has 1 atom stereocenters. The smallest absolute Gasteiger partial charge is 0.431 e. The Morgan fingerprint density at radius 1 is 1.18 bits per heavy atom. The van der Waals surface area contributed by atoms with Crippen LogP contribution in [-0.2, 0) is 10.5 Å². The summed E-state index contributed by atoms with van der Waals surface area (Å²) in [5, 5.41) is 14.8. The van der Waals surface area contributed by atoms with Gasteiger partial charge in [-0.15, -0.1) is 0 Å². The molecule has 0 unspecified atom stereocenters. The van der Waals surface area contributed by atoms with Crippen LogP contribution in [0, 0.1) is 0 Å². The lowest BCUT2D eigenvalue weighted by atomic mass is 9.96. The number of methoxy groups -OCH3 is 1. The van der Waals surface area contributed by atoms with Crippen molar-refractivity contribution in [1.82, 2.24) is 5.01 Å². The lowest BCUT2D eigenvalue weighted by Crippen LogP contribution is -2.45. The normalized spacial score (nSPS) is 19.3. The van der Waals surface area contributed by atoms with E-state index in [1.165, 1.54) is 25.3 Å². The number of amides is 1. The molecule has 6 nitrogen and oxygen atoms in total. The van der Waals surface area contributed by atoms with Gasteiger partial charge in [-0.2, -0.15) is 23.3 Å². The first-order chi connectivity index (χ1) is 13.2. The highest BCUT2D eigenvalue weighted by Crippen LogP contribution is 2.40. The van der Waals surface area contributed by atoms with E-state index in [-0.39, 0.29) is 5.56 Å². The van der Waals surface area contributed by atoms with Crippen LogP contribution < -0.4 is 9.47 Å². The fraction of sp³-hybridized carbons (Fsp3) is 0.263. The molecule has 2 aromatic rings. The molecule has 0 aromatic heterocycles. The predicted molar refractivity (Wildman–Crippen MR) is 93.8 cm³/mol. The van der Waals surface area contributed by atoms with Crippen LogP contribution in [0.3, 0.4) is 0 Å². The summed E-state index contributed by atoms with van der Waals surface area (Å²) < 4.78 is 50.0. The maximum Gasteiger partial charge on any atom is 0.431 e. The second-order valence-corrected chi connectivity index (χ2v) is 6.08. The summed E-state index contributed by atoms with van der Waals surface area (Å²) in [5.74, 6) is -0.243. The number of benzene rings is 2. The van der Waals surface area contributed by atoms with Crippen molar-refractivity contribution in [3.8, 4) is 11.5 Å². The topological polar surface area (TPSA) is 71.4 Å². The van der Waals surface area contributed by atoms with Gasteiger partial charge in [0.25, 0.3) is 5.91 Å². The third-order valence-corrected chi connectivity index (χ3v) is 4.19. The van der Waals surface area contributed by atoms with E-state index in [2.05, 4.69) is 5.10 Å². The molecular formula is C19H17F3N2O4. The molecule has 0 aliphatic carbocycles. The fourth-order valence-corrected chi connectivity index (χ4v) is 2.79. The molecular weight excluding hydrogens is 377 g/mol. The van der Waals surface area contributed by atoms with Crippen LogP contribution in [-0.4, -0.2) is 41.6 Å². The highest BCUT2D eigenvalue weighted by Gasteiger charge is 2.53. The lowest BCUT2D eigenvalue weighted by molar-refractivity contribution is -0.160. The number of aliphatic hydroxyl groups is 1. The minimum absolute atomic E-state index is 0.0444. The molecule has 0 spiro atoms. The summed E-state index contributed by atoms with van der Waals surface area (Å²) in [5.41, 5.74) is -3.52. The molecule has 3 rings (SSSR count). The van der Waals surface area contributed by atoms with E-state index in [4.69, 9.17) is 9.47 Å². The Hall–Kier alpha value is -3.07. The number of hydrogen-bond donors (Lipinski definition) is 1. The molecule has 1 aliphatic rings. The van der Waals surface area contributed by atoms with E-state index in [9.17, 15) is 23.1 Å². The van der Waals surface area contributed by atoms with E-state index in [1.807, 2.05) is 0 Å². The zero-order valence-corrected chi connectivity index (χ0v) is 14.8. The second-order valence-electron chi connectivity index (χ2n) is 6.08. The van der Waals surface area contributed by atoms with E-state index in [1.54, 1.807) is 36.4 Å². The summed E-state index contributed by atoms with van der Waals surface area (Å²) in [6.45, 7) is -0.592. The molecule has 0 bridgehead atoms. The number of ether oxygens (including phenoxy) is 2. The van der Waals surface area contributed by atoms with Gasteiger partial charge in [0.15, 0.2) is 12.3 Å². The highest BCUT2D eigenvalue weighted by molar-refractivity contribution is 5.94. The van der Waals surface area contributed by atoms with E-state index in [0.717, 1.165) is 0 Å². The zero-order chi connectivity index (χ0) is 20.4. The number of nitrogens with zero attached hydrogens (tertiary/aromatic N) is 2. The second kappa shape index (κ2) is 7.51. The van der Waals surface area contributed by atoms with Gasteiger partial charge in [0, 0.05) is 5.56 Å². The van der Waals surface area contributed by atoms with Gasteiger partial charge in [0.05, 0.1) is 13.5 Å². The summed E-state index contributed by atoms with van der Waals surface area (Å²) in [7, 11) is 1.38. The van der Waals surface area contributed by atoms with E-state index in [0.29, 0.717) is 16.5 Å². The minimum Gasteiger partial charge on any atom is -0.497 e. The van der Waals surface area contributed by atoms with Crippen molar-refractivity contribution in [1.29, 1.82) is 0 Å². The molecule has 2 aromatic carbocycles. The van der Waals surface area contributed by atoms with Crippen LogP contribution in [0.4, 0.5) is 13.2 Å². The lowest BCUT2D eigenvalue weighted by Gasteiger charge is -2.31. The van der Waals surface area contributed by atoms with Gasteiger partial charge in [-0.05, 0) is 24.3 Å². The van der Waals surface area contributed by atoms with Gasteiger partial charge in [0.1, 0.15) is 17.2 Å². The maximum atomic E-state index is 13.2. The number of para-hydroxylation sites is 1. The van der Waals surface area contributed by atoms with Gasteiger partial charge < -0.3 is 14.6 Å². The molecule has 1 aliphatic heterocycles. The van der Waals surface area contributed by atoms with Gasteiger partial charge in [-0.1, -0.05) is 30.3 Å². The Labute approximate surface area is 158 Å². The van der Waals surface area contributed by atoms with Crippen LogP contribution in [0.5, 0.6) is 11.5 Å². The number of hydrazone groups is 1. The van der Waals surface area contributed by atoms with E-state index >= 15 is 0 Å². The van der Waals surface area contributed by atoms with Crippen LogP contribution in [0.1, 0.15) is 12.0 Å². The van der Waals surface area contributed by atoms with Crippen molar-refractivity contribution in [2.45, 2.75) is 18.3 Å². The van der Waals surface area contributed by atoms with Gasteiger partial charge >= 0.3 is 6.18 Å². The summed E-state index contributed by atoms with van der Waals surface area (Å²) in [6.07, 6.45) is -5.69. The number of carbonyl (C=O) groups excluding carboxylic acids is 1. The molecule has 28 heavy (non-hydrogen) atoms. The predicted octanol–water partition coefficient (Wildman–Crippen LogP) is 3.07. The van der Waals surface area contributed by atoms with Crippen LogP contribution in [0.15, 0.2) is 59.7 Å².